The molecule has 0 radical (unpaired) electrons. The summed E-state index contributed by atoms with van der Waals surface area (Å²) in [6, 6.07) is 13.6. The smallest absolute Gasteiger partial charge is 0.254 e. The van der Waals surface area contributed by atoms with Gasteiger partial charge in [-0.2, -0.15) is 0 Å². The zero-order valence-corrected chi connectivity index (χ0v) is 19.6. The number of aryl methyl sites for hydroxylation is 1. The minimum Gasteiger partial charge on any atom is -0.348 e. The molecule has 2 N–H and O–H groups in total. The monoisotopic (exact) mass is 470 g/mol. The first-order valence-corrected chi connectivity index (χ1v) is 12.1. The lowest BCUT2D eigenvalue weighted by molar-refractivity contribution is 0.0949. The number of hydrogen-bond acceptors (Lipinski definition) is 5. The molecule has 0 atom stereocenters. The molecule has 0 aliphatic rings. The molecular weight excluding hydrogens is 443 g/mol. The van der Waals surface area contributed by atoms with Crippen molar-refractivity contribution in [3.05, 3.63) is 82.9 Å². The van der Waals surface area contributed by atoms with Gasteiger partial charge in [-0.25, -0.2) is 27.5 Å². The number of nitrogens with one attached hydrogen (secondary N) is 2. The van der Waals surface area contributed by atoms with Gasteiger partial charge in [-0.3, -0.25) is 4.79 Å². The molecule has 33 heavy (non-hydrogen) atoms. The highest BCUT2D eigenvalue weighted by molar-refractivity contribution is 7.90. The first-order valence-electron chi connectivity index (χ1n) is 10.6. The van der Waals surface area contributed by atoms with Gasteiger partial charge in [0.15, 0.2) is 5.82 Å². The molecule has 0 aliphatic carbocycles. The summed E-state index contributed by atoms with van der Waals surface area (Å²) < 4.78 is 39.8. The van der Waals surface area contributed by atoms with Crippen molar-refractivity contribution in [3.8, 4) is 11.4 Å². The Balaban J connectivity index is 1.60. The molecule has 1 heterocycles. The highest BCUT2D eigenvalue weighted by Crippen LogP contribution is 2.17. The number of benzene rings is 2. The maximum atomic E-state index is 13.5. The Hall–Kier alpha value is -3.17. The number of aromatic nitrogens is 2. The first kappa shape index (κ1) is 24.5. The Bertz CT molecular complexity index is 1250. The van der Waals surface area contributed by atoms with Crippen LogP contribution in [0.4, 0.5) is 4.39 Å². The van der Waals surface area contributed by atoms with Crippen LogP contribution in [0.15, 0.2) is 54.7 Å². The third-order valence-electron chi connectivity index (χ3n) is 5.09. The fraction of sp³-hybridized carbons (Fsp3) is 0.292. The van der Waals surface area contributed by atoms with E-state index in [9.17, 15) is 17.6 Å². The van der Waals surface area contributed by atoms with Gasteiger partial charge in [0.2, 0.25) is 10.0 Å². The second-order valence-electron chi connectivity index (χ2n) is 7.94. The number of nitrogens with zero attached hydrogens (tertiary/aromatic N) is 2. The highest BCUT2D eigenvalue weighted by atomic mass is 32.2. The zero-order valence-electron chi connectivity index (χ0n) is 18.8. The Kier molecular flexibility index (Phi) is 7.88. The number of rotatable bonds is 9. The molecule has 0 unspecified atom stereocenters. The highest BCUT2D eigenvalue weighted by Gasteiger charge is 2.15. The van der Waals surface area contributed by atoms with Crippen LogP contribution >= 0.6 is 0 Å². The molecule has 174 valence electrons. The molecular formula is C24H27FN4O3S. The number of carbonyl (C=O) groups excluding carboxylic acids is 1. The molecule has 1 amide bonds. The van der Waals surface area contributed by atoms with Crippen LogP contribution in [0.2, 0.25) is 0 Å². The summed E-state index contributed by atoms with van der Waals surface area (Å²) in [5.74, 6) is -0.340. The lowest BCUT2D eigenvalue weighted by Crippen LogP contribution is -2.32. The van der Waals surface area contributed by atoms with E-state index in [1.165, 1.54) is 18.3 Å². The Morgan fingerprint density at radius 1 is 1.09 bits per heavy atom. The largest absolute Gasteiger partial charge is 0.348 e. The van der Waals surface area contributed by atoms with E-state index < -0.39 is 15.3 Å². The maximum absolute atomic E-state index is 13.5. The van der Waals surface area contributed by atoms with E-state index >= 15 is 0 Å². The molecule has 0 bridgehead atoms. The molecule has 3 aromatic rings. The fourth-order valence-electron chi connectivity index (χ4n) is 3.13. The Morgan fingerprint density at radius 2 is 1.82 bits per heavy atom. The Morgan fingerprint density at radius 3 is 2.52 bits per heavy atom. The molecule has 0 spiro atoms. The summed E-state index contributed by atoms with van der Waals surface area (Å²) in [5, 5.41) is 2.38. The maximum Gasteiger partial charge on any atom is 0.254 e. The van der Waals surface area contributed by atoms with Crippen LogP contribution in [0.1, 0.15) is 41.0 Å². The van der Waals surface area contributed by atoms with E-state index in [0.29, 0.717) is 42.2 Å². The van der Waals surface area contributed by atoms with E-state index in [2.05, 4.69) is 20.0 Å². The van der Waals surface area contributed by atoms with E-state index in [0.717, 1.165) is 11.1 Å². The predicted octanol–water partition coefficient (Wildman–Crippen LogP) is 3.39. The van der Waals surface area contributed by atoms with Gasteiger partial charge in [-0.05, 0) is 50.5 Å². The van der Waals surface area contributed by atoms with Crippen molar-refractivity contribution in [1.29, 1.82) is 0 Å². The van der Waals surface area contributed by atoms with Crippen molar-refractivity contribution >= 4 is 15.9 Å². The number of amides is 1. The van der Waals surface area contributed by atoms with Crippen molar-refractivity contribution in [3.63, 3.8) is 0 Å². The van der Waals surface area contributed by atoms with Gasteiger partial charge < -0.3 is 5.32 Å². The van der Waals surface area contributed by atoms with Crippen molar-refractivity contribution in [2.45, 2.75) is 39.0 Å². The summed E-state index contributed by atoms with van der Waals surface area (Å²) in [4.78, 5) is 21.2. The SMILES string of the molecule is Cc1nc(-c2cccc(F)c2)ncc1C(=O)NCc1cccc(CCNS(=O)(=O)C(C)C)c1. The van der Waals surface area contributed by atoms with Crippen molar-refractivity contribution < 1.29 is 17.6 Å². The third-order valence-corrected chi connectivity index (χ3v) is 6.94. The summed E-state index contributed by atoms with van der Waals surface area (Å²) in [6.45, 7) is 5.58. The third kappa shape index (κ3) is 6.66. The minimum absolute atomic E-state index is 0.301. The topological polar surface area (TPSA) is 101 Å². The number of hydrogen-bond donors (Lipinski definition) is 2. The van der Waals surface area contributed by atoms with Crippen LogP contribution < -0.4 is 10.0 Å². The molecule has 0 saturated heterocycles. The molecule has 3 rings (SSSR count). The molecule has 9 heteroatoms. The zero-order chi connectivity index (χ0) is 24.0. The molecule has 1 aromatic heterocycles. The van der Waals surface area contributed by atoms with Gasteiger partial charge in [0.05, 0.1) is 16.5 Å². The van der Waals surface area contributed by atoms with Gasteiger partial charge in [-0.15, -0.1) is 0 Å². The fourth-order valence-corrected chi connectivity index (χ4v) is 3.85. The van der Waals surface area contributed by atoms with Crippen LogP contribution in [-0.4, -0.2) is 36.1 Å². The van der Waals surface area contributed by atoms with E-state index in [4.69, 9.17) is 0 Å². The summed E-state index contributed by atoms with van der Waals surface area (Å²) in [5.41, 5.74) is 3.23. The lowest BCUT2D eigenvalue weighted by atomic mass is 10.1. The molecule has 0 saturated carbocycles. The summed E-state index contributed by atoms with van der Waals surface area (Å²) in [6.07, 6.45) is 1.98. The summed E-state index contributed by atoms with van der Waals surface area (Å²) in [7, 11) is -3.30. The van der Waals surface area contributed by atoms with Crippen molar-refractivity contribution in [2.24, 2.45) is 0 Å². The number of carbonyl (C=O) groups is 1. The Labute approximate surface area is 193 Å². The normalized spacial score (nSPS) is 11.5. The van der Waals surface area contributed by atoms with Gasteiger partial charge >= 0.3 is 0 Å². The van der Waals surface area contributed by atoms with Crippen LogP contribution in [0.5, 0.6) is 0 Å². The lowest BCUT2D eigenvalue weighted by Gasteiger charge is -2.11. The standard InChI is InChI=1S/C24H27FN4O3S/c1-16(2)33(31,32)28-11-10-18-6-4-7-19(12-18)14-27-24(30)22-15-26-23(29-17(22)3)20-8-5-9-21(25)13-20/h4-9,12-13,15-16,28H,10-11,14H2,1-3H3,(H,27,30). The van der Waals surface area contributed by atoms with Crippen LogP contribution in [0.3, 0.4) is 0 Å². The molecule has 0 fully saturated rings. The number of halogens is 1. The predicted molar refractivity (Wildman–Crippen MR) is 126 cm³/mol. The van der Waals surface area contributed by atoms with E-state index in [-0.39, 0.29) is 11.7 Å². The van der Waals surface area contributed by atoms with Gasteiger partial charge in [0, 0.05) is 24.8 Å². The minimum atomic E-state index is -3.30. The second kappa shape index (κ2) is 10.6. The van der Waals surface area contributed by atoms with Crippen molar-refractivity contribution in [2.75, 3.05) is 6.54 Å². The average Bonchev–Trinajstić information content (AvgIpc) is 2.77. The van der Waals surface area contributed by atoms with Crippen molar-refractivity contribution in [1.82, 2.24) is 20.0 Å². The van der Waals surface area contributed by atoms with Gasteiger partial charge in [0.1, 0.15) is 5.82 Å². The van der Waals surface area contributed by atoms with E-state index in [1.54, 1.807) is 32.9 Å². The van der Waals surface area contributed by atoms with Crippen LogP contribution in [-0.2, 0) is 23.0 Å². The average molecular weight is 471 g/mol. The quantitative estimate of drug-likeness (QED) is 0.499. The van der Waals surface area contributed by atoms with Crippen LogP contribution in [0, 0.1) is 12.7 Å². The first-order chi connectivity index (χ1) is 15.7. The van der Waals surface area contributed by atoms with E-state index in [1.807, 2.05) is 24.3 Å². The second-order valence-corrected chi connectivity index (χ2v) is 10.3. The summed E-state index contributed by atoms with van der Waals surface area (Å²) >= 11 is 0. The van der Waals surface area contributed by atoms with Crippen LogP contribution in [0.25, 0.3) is 11.4 Å². The number of sulfonamides is 1. The van der Waals surface area contributed by atoms with Gasteiger partial charge in [-0.1, -0.05) is 36.4 Å². The molecule has 0 aliphatic heterocycles. The molecule has 7 nitrogen and oxygen atoms in total. The van der Waals surface area contributed by atoms with Gasteiger partial charge in [0.25, 0.3) is 5.91 Å². The molecule has 2 aromatic carbocycles.